The van der Waals surface area contributed by atoms with Crippen LogP contribution < -0.4 is 0 Å². The summed E-state index contributed by atoms with van der Waals surface area (Å²) in [6, 6.07) is 0. The monoisotopic (exact) mass is 772 g/mol. The number of hydrogen-bond donors (Lipinski definition) is 0. The summed E-state index contributed by atoms with van der Waals surface area (Å²) in [7, 11) is -5.65. The van der Waals surface area contributed by atoms with Gasteiger partial charge in [0.15, 0.2) is 0 Å². The summed E-state index contributed by atoms with van der Waals surface area (Å²) >= 11 is 2.89. The standard InChI is InChI=1S/C28H65GeSi5.C9H21Si/c1-23(2,3)32(19,24(4,5)6)22-30(33(20,25(7,8)9)26(10,11)12)31(29)34(21,27(13,14)15)28(16,17)18;1-8(2,3)10(7)9(4,5)6/h22H2,1-21H3;1-7H3. The Morgan fingerprint density at radius 3 is 0.773 bits per heavy atom. The van der Waals surface area contributed by atoms with Crippen molar-refractivity contribution in [1.82, 2.24) is 0 Å². The van der Waals surface area contributed by atoms with Gasteiger partial charge in [-0.25, -0.2) is 0 Å². The second-order valence-corrected chi connectivity index (χ2v) is 71.8. The summed E-state index contributed by atoms with van der Waals surface area (Å²) in [6.45, 7) is 72.3. The van der Waals surface area contributed by atoms with E-state index in [0.717, 1.165) is 0 Å². The summed E-state index contributed by atoms with van der Waals surface area (Å²) in [5, 5.41) is 3.69. The minimum absolute atomic E-state index is 0.221. The molecule has 0 unspecified atom stereocenters. The van der Waals surface area contributed by atoms with Crippen molar-refractivity contribution in [2.45, 2.75) is 238 Å². The molecule has 0 heterocycles. The van der Waals surface area contributed by atoms with Crippen LogP contribution in [0.2, 0.25) is 72.2 Å². The molecule has 0 aromatic rings. The molecule has 0 N–H and O–H groups in total. The molecule has 0 amide bonds. The van der Waals surface area contributed by atoms with E-state index >= 15 is 0 Å². The van der Waals surface area contributed by atoms with Crippen LogP contribution in [0, 0.1) is 0 Å². The van der Waals surface area contributed by atoms with Gasteiger partial charge in [-0.15, -0.1) is 0 Å². The Hall–Kier alpha value is 1.84. The first-order valence-corrected chi connectivity index (χ1v) is 36.8. The Labute approximate surface area is 297 Å². The quantitative estimate of drug-likeness (QED) is 0.244. The molecule has 0 saturated carbocycles. The molecule has 0 nitrogen and oxygen atoms in total. The molecule has 0 aromatic carbocycles. The van der Waals surface area contributed by atoms with Crippen LogP contribution in [0.4, 0.5) is 0 Å². The third kappa shape index (κ3) is 10.2. The van der Waals surface area contributed by atoms with Crippen molar-refractivity contribution in [1.29, 1.82) is 0 Å². The third-order valence-corrected chi connectivity index (χ3v) is 100. The third-order valence-electron chi connectivity index (χ3n) is 13.5. The first-order valence-electron chi connectivity index (χ1n) is 17.7. The zero-order valence-electron chi connectivity index (χ0n) is 36.2. The van der Waals surface area contributed by atoms with Crippen molar-refractivity contribution in [3.05, 3.63) is 0 Å². The summed E-state index contributed by atoms with van der Waals surface area (Å²) in [5.41, 5.74) is 1.63. The second kappa shape index (κ2) is 14.2. The minimum atomic E-state index is -1.66. The maximum Gasteiger partial charge on any atom is 0.0561 e. The Kier molecular flexibility index (Phi) is 15.5. The Bertz CT molecular complexity index is 886. The van der Waals surface area contributed by atoms with Gasteiger partial charge in [0.1, 0.15) is 0 Å². The number of hydrogen-bond acceptors (Lipinski definition) is 0. The van der Waals surface area contributed by atoms with Gasteiger partial charge >= 0.3 is 233 Å². The molecule has 0 spiro atoms. The van der Waals surface area contributed by atoms with Crippen molar-refractivity contribution < 1.29 is 0 Å². The van der Waals surface area contributed by atoms with Gasteiger partial charge in [0, 0.05) is 0 Å². The molecule has 7 heteroatoms. The van der Waals surface area contributed by atoms with Gasteiger partial charge in [0.2, 0.25) is 0 Å². The van der Waals surface area contributed by atoms with E-state index in [0.29, 0.717) is 40.3 Å². The minimum Gasteiger partial charge on any atom is -0.0703 e. The van der Waals surface area contributed by atoms with E-state index in [2.05, 4.69) is 208 Å². The maximum absolute atomic E-state index is 2.90. The fourth-order valence-electron chi connectivity index (χ4n) is 7.86. The van der Waals surface area contributed by atoms with Gasteiger partial charge in [0.05, 0.1) is 8.80 Å². The molecule has 0 rings (SSSR count). The molecule has 4 radical (unpaired) electrons. The Morgan fingerprint density at radius 1 is 0.409 bits per heavy atom. The average Bonchev–Trinajstić information content (AvgIpc) is 2.69. The topological polar surface area (TPSA) is 0 Å². The van der Waals surface area contributed by atoms with E-state index in [9.17, 15) is 0 Å². The average molecular weight is 772 g/mol. The normalized spacial score (nSPS) is 15.9. The van der Waals surface area contributed by atoms with E-state index in [1.165, 1.54) is 0 Å². The fraction of sp³-hybridized carbons (Fsp3) is 1.00. The van der Waals surface area contributed by atoms with Crippen LogP contribution in [-0.4, -0.2) is 61.2 Å². The van der Waals surface area contributed by atoms with E-state index < -0.39 is 37.0 Å². The molecule has 44 heavy (non-hydrogen) atoms. The van der Waals surface area contributed by atoms with Crippen molar-refractivity contribution >= 4 is 61.2 Å². The first kappa shape index (κ1) is 48.0. The molecular weight excluding hydrogens is 686 g/mol. The van der Waals surface area contributed by atoms with Crippen LogP contribution in [0.3, 0.4) is 0 Å². The van der Waals surface area contributed by atoms with Gasteiger partial charge in [0.25, 0.3) is 0 Å². The van der Waals surface area contributed by atoms with Crippen LogP contribution >= 0.6 is 0 Å². The fourth-order valence-corrected chi connectivity index (χ4v) is 127. The maximum atomic E-state index is 2.90. The largest absolute Gasteiger partial charge is 0.0703 e. The SMILES string of the molecule is CC(C)(C)[Si](C)(C[Si]([Si](=[Ge])[Si](C)(C(C)(C)C)C(C)(C)C)[Si](C)(C(C)(C)C)C(C)(C)C)C(C)(C)C.C[Si](C(C)(C)C)C(C)(C)C. The van der Waals surface area contributed by atoms with Gasteiger partial charge in [-0.3, -0.25) is 0 Å². The Balaban J connectivity index is 0. The smallest absolute Gasteiger partial charge is 0.0561 e. The zero-order valence-corrected chi connectivity index (χ0v) is 44.3. The molecule has 0 aromatic heterocycles. The van der Waals surface area contributed by atoms with Crippen molar-refractivity contribution in [3.63, 3.8) is 0 Å². The Morgan fingerprint density at radius 2 is 0.636 bits per heavy atom. The van der Waals surface area contributed by atoms with Crippen LogP contribution in [0.1, 0.15) is 166 Å². The van der Waals surface area contributed by atoms with Crippen molar-refractivity contribution in [2.75, 3.05) is 0 Å². The van der Waals surface area contributed by atoms with E-state index in [1.807, 2.05) is 0 Å². The molecule has 0 atom stereocenters. The molecule has 0 saturated heterocycles. The first-order chi connectivity index (χ1) is 18.4. The molecule has 262 valence electrons. The second-order valence-electron chi connectivity index (χ2n) is 23.2. The molecule has 0 bridgehead atoms. The van der Waals surface area contributed by atoms with Crippen LogP contribution in [0.5, 0.6) is 0 Å². The summed E-state index contributed by atoms with van der Waals surface area (Å²) in [6.07, 6.45) is 0. The summed E-state index contributed by atoms with van der Waals surface area (Å²) in [4.78, 5) is 0. The molecule has 0 aliphatic carbocycles. The zero-order chi connectivity index (χ0) is 36.9. The predicted molar refractivity (Wildman–Crippen MR) is 226 cm³/mol. The molecule has 0 fully saturated rings. The van der Waals surface area contributed by atoms with Crippen molar-refractivity contribution in [2.24, 2.45) is 0 Å². The van der Waals surface area contributed by atoms with Gasteiger partial charge < -0.3 is 0 Å². The van der Waals surface area contributed by atoms with Crippen LogP contribution in [-0.2, 0) is 0 Å². The van der Waals surface area contributed by atoms with E-state index in [4.69, 9.17) is 0 Å². The summed E-state index contributed by atoms with van der Waals surface area (Å²) < 4.78 is 0. The van der Waals surface area contributed by atoms with Crippen molar-refractivity contribution in [3.8, 4) is 0 Å². The molecule has 0 aliphatic heterocycles. The van der Waals surface area contributed by atoms with Crippen LogP contribution in [0.15, 0.2) is 0 Å². The van der Waals surface area contributed by atoms with Gasteiger partial charge in [-0.2, -0.15) is 0 Å². The summed E-state index contributed by atoms with van der Waals surface area (Å²) in [5.74, 6) is -0.516. The molecular formula is C37H86GeSi6. The predicted octanol–water partition coefficient (Wildman–Crippen LogP) is 14.2. The van der Waals surface area contributed by atoms with Gasteiger partial charge in [-0.05, 0) is 10.1 Å². The van der Waals surface area contributed by atoms with Crippen LogP contribution in [0.25, 0.3) is 0 Å². The van der Waals surface area contributed by atoms with E-state index in [1.54, 1.807) is 5.67 Å². The number of rotatable bonds is 5. The molecule has 0 aliphatic rings. The van der Waals surface area contributed by atoms with Gasteiger partial charge in [-0.1, -0.05) is 48.1 Å². The van der Waals surface area contributed by atoms with E-state index in [-0.39, 0.29) is 8.80 Å².